The quantitative estimate of drug-likeness (QED) is 0.506. The summed E-state index contributed by atoms with van der Waals surface area (Å²) in [5, 5.41) is 0. The van der Waals surface area contributed by atoms with Crippen LogP contribution in [-0.4, -0.2) is 25.0 Å². The van der Waals surface area contributed by atoms with Crippen LogP contribution in [0.3, 0.4) is 0 Å². The van der Waals surface area contributed by atoms with Crippen molar-refractivity contribution in [3.05, 3.63) is 72.2 Å². The molecule has 0 fully saturated rings. The number of ketones is 1. The summed E-state index contributed by atoms with van der Waals surface area (Å²) in [7, 11) is 3.12. The third-order valence-corrected chi connectivity index (χ3v) is 4.15. The maximum Gasteiger partial charge on any atom is 0.287 e. The van der Waals surface area contributed by atoms with Crippen LogP contribution in [0.4, 0.5) is 0 Å². The third kappa shape index (κ3) is 3.88. The summed E-state index contributed by atoms with van der Waals surface area (Å²) >= 11 is 0. The predicted octanol–water partition coefficient (Wildman–Crippen LogP) is 3.24. The second-order valence-corrected chi connectivity index (χ2v) is 5.98. The molecule has 0 atom stereocenters. The molecule has 3 aromatic rings. The van der Waals surface area contributed by atoms with E-state index in [0.717, 1.165) is 11.3 Å². The van der Waals surface area contributed by atoms with Crippen LogP contribution in [0.1, 0.15) is 15.9 Å². The summed E-state index contributed by atoms with van der Waals surface area (Å²) in [5.41, 5.74) is 3.70. The van der Waals surface area contributed by atoms with Gasteiger partial charge in [-0.25, -0.2) is 4.57 Å². The molecule has 0 aliphatic rings. The van der Waals surface area contributed by atoms with E-state index in [4.69, 9.17) is 9.47 Å². The van der Waals surface area contributed by atoms with Gasteiger partial charge in [0.1, 0.15) is 0 Å². The van der Waals surface area contributed by atoms with E-state index in [9.17, 15) is 4.79 Å². The molecule has 132 valence electrons. The second-order valence-electron chi connectivity index (χ2n) is 5.98. The number of rotatable bonds is 6. The van der Waals surface area contributed by atoms with Crippen LogP contribution in [0, 0.1) is 6.92 Å². The smallest absolute Gasteiger partial charge is 0.287 e. The Kier molecular flexibility index (Phi) is 5.27. The van der Waals surface area contributed by atoms with Crippen LogP contribution >= 0.6 is 0 Å². The predicted molar refractivity (Wildman–Crippen MR) is 98.5 cm³/mol. The van der Waals surface area contributed by atoms with Crippen molar-refractivity contribution in [2.75, 3.05) is 14.2 Å². The van der Waals surface area contributed by atoms with Gasteiger partial charge in [-0.1, -0.05) is 29.8 Å². The van der Waals surface area contributed by atoms with E-state index in [-0.39, 0.29) is 12.3 Å². The first kappa shape index (κ1) is 17.6. The van der Waals surface area contributed by atoms with Crippen molar-refractivity contribution in [3.63, 3.8) is 0 Å². The minimum atomic E-state index is -0.0270. The number of ether oxygens (including phenoxy) is 2. The summed E-state index contributed by atoms with van der Waals surface area (Å²) in [6.07, 6.45) is 3.54. The van der Waals surface area contributed by atoms with Gasteiger partial charge in [0, 0.05) is 17.2 Å². The van der Waals surface area contributed by atoms with Gasteiger partial charge in [0.15, 0.2) is 23.7 Å². The maximum absolute atomic E-state index is 12.5. The van der Waals surface area contributed by atoms with Gasteiger partial charge in [0.05, 0.1) is 20.4 Å². The molecule has 0 saturated heterocycles. The van der Waals surface area contributed by atoms with E-state index in [2.05, 4.69) is 24.0 Å². The molecule has 5 heteroatoms. The number of Topliss-reactive ketones (excluding diaryl/α,β-unsaturated/α-hetero) is 1. The van der Waals surface area contributed by atoms with E-state index in [0.29, 0.717) is 17.1 Å². The third-order valence-electron chi connectivity index (χ3n) is 4.15. The summed E-state index contributed by atoms with van der Waals surface area (Å²) in [4.78, 5) is 17.0. The first-order valence-corrected chi connectivity index (χ1v) is 8.28. The fourth-order valence-electron chi connectivity index (χ4n) is 2.64. The molecule has 0 radical (unpaired) electrons. The number of carbonyl (C=O) groups excluding carboxylic acids is 1. The Morgan fingerprint density at radius 3 is 2.35 bits per heavy atom. The van der Waals surface area contributed by atoms with Crippen molar-refractivity contribution in [3.8, 4) is 22.8 Å². The second kappa shape index (κ2) is 7.78. The summed E-state index contributed by atoms with van der Waals surface area (Å²) in [5.74, 6) is 1.11. The highest BCUT2D eigenvalue weighted by molar-refractivity contribution is 5.95. The summed E-state index contributed by atoms with van der Waals surface area (Å²) in [6, 6.07) is 15.3. The van der Waals surface area contributed by atoms with E-state index in [1.165, 1.54) is 5.56 Å². The molecule has 0 bridgehead atoms. The van der Waals surface area contributed by atoms with Crippen molar-refractivity contribution in [2.45, 2.75) is 13.5 Å². The number of nitrogens with zero attached hydrogens (tertiary/aromatic N) is 2. The molecular weight excluding hydrogens is 328 g/mol. The van der Waals surface area contributed by atoms with Crippen molar-refractivity contribution in [1.29, 1.82) is 0 Å². The van der Waals surface area contributed by atoms with Crippen molar-refractivity contribution < 1.29 is 18.8 Å². The lowest BCUT2D eigenvalue weighted by molar-refractivity contribution is -0.686. The SMILES string of the molecule is COc1ccc(C(=O)C[n+]2ccc(-c3ccc(C)cc3)nc2)cc1OC. The Morgan fingerprint density at radius 2 is 1.73 bits per heavy atom. The summed E-state index contributed by atoms with van der Waals surface area (Å²) in [6.45, 7) is 2.26. The molecule has 0 N–H and O–H groups in total. The van der Waals surface area contributed by atoms with Crippen LogP contribution in [-0.2, 0) is 6.54 Å². The van der Waals surface area contributed by atoms with E-state index >= 15 is 0 Å². The Bertz CT molecular complexity index is 904. The molecule has 1 heterocycles. The van der Waals surface area contributed by atoms with Gasteiger partial charge >= 0.3 is 0 Å². The Balaban J connectivity index is 1.74. The lowest BCUT2D eigenvalue weighted by Gasteiger charge is -2.08. The maximum atomic E-state index is 12.5. The fraction of sp³-hybridized carbons (Fsp3) is 0.190. The number of hydrogen-bond acceptors (Lipinski definition) is 4. The number of aromatic nitrogens is 2. The fourth-order valence-corrected chi connectivity index (χ4v) is 2.64. The zero-order valence-corrected chi connectivity index (χ0v) is 15.1. The Hall–Kier alpha value is -3.21. The molecule has 0 spiro atoms. The van der Waals surface area contributed by atoms with Gasteiger partial charge in [-0.3, -0.25) is 4.79 Å². The monoisotopic (exact) mass is 349 g/mol. The topological polar surface area (TPSA) is 52.3 Å². The van der Waals surface area contributed by atoms with Gasteiger partial charge < -0.3 is 9.47 Å². The first-order chi connectivity index (χ1) is 12.6. The van der Waals surface area contributed by atoms with Gasteiger partial charge in [-0.15, -0.1) is 0 Å². The molecule has 0 unspecified atom stereocenters. The Morgan fingerprint density at radius 1 is 1.00 bits per heavy atom. The van der Waals surface area contributed by atoms with Crippen LogP contribution in [0.2, 0.25) is 0 Å². The molecule has 1 aromatic heterocycles. The van der Waals surface area contributed by atoms with E-state index < -0.39 is 0 Å². The highest BCUT2D eigenvalue weighted by Gasteiger charge is 2.14. The average Bonchev–Trinajstić information content (AvgIpc) is 2.68. The largest absolute Gasteiger partial charge is 0.493 e. The van der Waals surface area contributed by atoms with Gasteiger partial charge in [0.25, 0.3) is 6.33 Å². The molecular formula is C21H21N2O3+. The minimum absolute atomic E-state index is 0.0270. The average molecular weight is 349 g/mol. The van der Waals surface area contributed by atoms with Gasteiger partial charge in [-0.2, -0.15) is 0 Å². The molecule has 2 aromatic carbocycles. The molecule has 0 amide bonds. The van der Waals surface area contributed by atoms with Crippen molar-refractivity contribution >= 4 is 5.78 Å². The highest BCUT2D eigenvalue weighted by atomic mass is 16.5. The number of benzene rings is 2. The number of aryl methyl sites for hydroxylation is 1. The molecule has 26 heavy (non-hydrogen) atoms. The van der Waals surface area contributed by atoms with E-state index in [1.54, 1.807) is 43.3 Å². The molecule has 5 nitrogen and oxygen atoms in total. The highest BCUT2D eigenvalue weighted by Crippen LogP contribution is 2.27. The zero-order valence-electron chi connectivity index (χ0n) is 15.1. The van der Waals surface area contributed by atoms with Crippen molar-refractivity contribution in [2.24, 2.45) is 0 Å². The van der Waals surface area contributed by atoms with E-state index in [1.807, 2.05) is 24.4 Å². The molecule has 0 saturated carbocycles. The molecule has 0 aliphatic heterocycles. The Labute approximate surface area is 152 Å². The number of carbonyl (C=O) groups is 1. The van der Waals surface area contributed by atoms with Crippen LogP contribution in [0.25, 0.3) is 11.3 Å². The number of hydrogen-bond donors (Lipinski definition) is 0. The van der Waals surface area contributed by atoms with Crippen LogP contribution < -0.4 is 14.0 Å². The lowest BCUT2D eigenvalue weighted by atomic mass is 10.1. The normalized spacial score (nSPS) is 10.4. The molecule has 3 rings (SSSR count). The minimum Gasteiger partial charge on any atom is -0.493 e. The standard InChI is InChI=1S/C21H21N2O3/c1-15-4-6-16(7-5-15)18-10-11-23(14-22-18)13-19(24)17-8-9-20(25-2)21(12-17)26-3/h4-12,14H,13H2,1-3H3/q+1. The molecule has 0 aliphatic carbocycles. The number of methoxy groups -OCH3 is 2. The first-order valence-electron chi connectivity index (χ1n) is 8.28. The van der Waals surface area contributed by atoms with Crippen molar-refractivity contribution in [1.82, 2.24) is 4.98 Å². The van der Waals surface area contributed by atoms with Crippen LogP contribution in [0.15, 0.2) is 61.1 Å². The van der Waals surface area contributed by atoms with Crippen LogP contribution in [0.5, 0.6) is 11.5 Å². The van der Waals surface area contributed by atoms with Gasteiger partial charge in [-0.05, 0) is 30.1 Å². The summed E-state index contributed by atoms with van der Waals surface area (Å²) < 4.78 is 12.2. The lowest BCUT2D eigenvalue weighted by Crippen LogP contribution is -2.37. The zero-order chi connectivity index (χ0) is 18.5. The van der Waals surface area contributed by atoms with Gasteiger partial charge in [0.2, 0.25) is 5.78 Å².